The van der Waals surface area contributed by atoms with Crippen LogP contribution in [-0.4, -0.2) is 0 Å². The van der Waals surface area contributed by atoms with Crippen LogP contribution in [0, 0.1) is 23.6 Å². The molecule has 1 fully saturated rings. The van der Waals surface area contributed by atoms with Gasteiger partial charge in [-0.25, -0.2) is 4.39 Å². The summed E-state index contributed by atoms with van der Waals surface area (Å²) in [6.07, 6.45) is 13.2. The molecule has 0 heterocycles. The number of fused-ring (bicyclic) bond motifs is 1. The lowest BCUT2D eigenvalue weighted by molar-refractivity contribution is 0.376. The lowest BCUT2D eigenvalue weighted by Crippen LogP contribution is -2.11. The molecule has 3 aromatic rings. The van der Waals surface area contributed by atoms with Gasteiger partial charge in [-0.05, 0) is 92.0 Å². The van der Waals surface area contributed by atoms with E-state index in [0.29, 0.717) is 22.8 Å². The fraction of sp³-hybridized carbons (Fsp3) is 0.290. The molecular formula is C31H31F. The van der Waals surface area contributed by atoms with E-state index in [9.17, 15) is 0 Å². The van der Waals surface area contributed by atoms with E-state index in [1.165, 1.54) is 36.8 Å². The minimum Gasteiger partial charge on any atom is -0.205 e. The van der Waals surface area contributed by atoms with Crippen LogP contribution in [0.4, 0.5) is 4.39 Å². The van der Waals surface area contributed by atoms with Gasteiger partial charge < -0.3 is 0 Å². The second-order valence-corrected chi connectivity index (χ2v) is 8.81. The highest BCUT2D eigenvalue weighted by Gasteiger charge is 2.21. The van der Waals surface area contributed by atoms with E-state index in [4.69, 9.17) is 0 Å². The average molecular weight is 423 g/mol. The van der Waals surface area contributed by atoms with Gasteiger partial charge in [0.25, 0.3) is 0 Å². The molecule has 1 saturated carbocycles. The zero-order valence-corrected chi connectivity index (χ0v) is 18.9. The summed E-state index contributed by atoms with van der Waals surface area (Å²) < 4.78 is 15.2. The quantitative estimate of drug-likeness (QED) is 0.286. The van der Waals surface area contributed by atoms with Gasteiger partial charge in [-0.2, -0.15) is 0 Å². The van der Waals surface area contributed by atoms with Gasteiger partial charge in [0.1, 0.15) is 5.82 Å². The van der Waals surface area contributed by atoms with E-state index in [1.807, 2.05) is 37.3 Å². The molecule has 0 aromatic heterocycles. The van der Waals surface area contributed by atoms with E-state index in [1.54, 1.807) is 0 Å². The molecule has 1 aliphatic carbocycles. The molecule has 0 aliphatic heterocycles. The van der Waals surface area contributed by atoms with Crippen molar-refractivity contribution in [1.29, 1.82) is 0 Å². The van der Waals surface area contributed by atoms with Gasteiger partial charge in [0.2, 0.25) is 0 Å². The third kappa shape index (κ3) is 5.20. The van der Waals surface area contributed by atoms with Crippen LogP contribution in [-0.2, 0) is 6.42 Å². The Morgan fingerprint density at radius 2 is 1.75 bits per heavy atom. The largest absolute Gasteiger partial charge is 0.205 e. The van der Waals surface area contributed by atoms with Crippen LogP contribution in [0.5, 0.6) is 0 Å². The molecule has 0 radical (unpaired) electrons. The molecule has 0 spiro atoms. The lowest BCUT2D eigenvalue weighted by Gasteiger charge is -2.27. The summed E-state index contributed by atoms with van der Waals surface area (Å²) in [5.41, 5.74) is 3.98. The lowest BCUT2D eigenvalue weighted by atomic mass is 9.78. The van der Waals surface area contributed by atoms with Gasteiger partial charge in [0.15, 0.2) is 0 Å². The summed E-state index contributed by atoms with van der Waals surface area (Å²) in [5, 5.41) is 1.61. The minimum absolute atomic E-state index is 0.222. The first-order chi connectivity index (χ1) is 15.7. The Balaban J connectivity index is 1.50. The Hall–Kier alpha value is -3.11. The summed E-state index contributed by atoms with van der Waals surface area (Å²) in [6.45, 7) is 5.98. The first-order valence-corrected chi connectivity index (χ1v) is 11.7. The van der Waals surface area contributed by atoms with Crippen molar-refractivity contribution in [1.82, 2.24) is 0 Å². The van der Waals surface area contributed by atoms with Gasteiger partial charge in [-0.1, -0.05) is 66.5 Å². The van der Waals surface area contributed by atoms with Gasteiger partial charge in [0.05, 0.1) is 5.56 Å². The second kappa shape index (κ2) is 10.5. The van der Waals surface area contributed by atoms with Crippen molar-refractivity contribution in [3.8, 4) is 11.8 Å². The highest BCUT2D eigenvalue weighted by Crippen LogP contribution is 2.37. The Kier molecular flexibility index (Phi) is 7.23. The fourth-order valence-corrected chi connectivity index (χ4v) is 4.66. The van der Waals surface area contributed by atoms with Crippen LogP contribution in [0.1, 0.15) is 67.2 Å². The van der Waals surface area contributed by atoms with Gasteiger partial charge in [0, 0.05) is 10.9 Å². The van der Waals surface area contributed by atoms with Crippen molar-refractivity contribution in [3.63, 3.8) is 0 Å². The second-order valence-electron chi connectivity index (χ2n) is 8.81. The Morgan fingerprint density at radius 1 is 0.969 bits per heavy atom. The third-order valence-electron chi connectivity index (χ3n) is 6.69. The minimum atomic E-state index is -0.222. The highest BCUT2D eigenvalue weighted by atomic mass is 19.1. The van der Waals surface area contributed by atoms with Crippen LogP contribution < -0.4 is 0 Å². The van der Waals surface area contributed by atoms with E-state index in [2.05, 4.69) is 60.9 Å². The van der Waals surface area contributed by atoms with Crippen molar-refractivity contribution in [3.05, 3.63) is 107 Å². The summed E-state index contributed by atoms with van der Waals surface area (Å²) >= 11 is 0. The number of allylic oxidation sites excluding steroid dienone is 3. The van der Waals surface area contributed by atoms with Crippen molar-refractivity contribution < 1.29 is 4.39 Å². The van der Waals surface area contributed by atoms with E-state index >= 15 is 4.39 Å². The molecule has 1 heteroatoms. The molecule has 0 nitrogen and oxygen atoms in total. The number of rotatable bonds is 5. The smallest absolute Gasteiger partial charge is 0.146 e. The number of hydrogen-bond acceptors (Lipinski definition) is 0. The maximum absolute atomic E-state index is 15.2. The first kappa shape index (κ1) is 22.1. The summed E-state index contributed by atoms with van der Waals surface area (Å²) in [5.74, 6) is 7.16. The maximum atomic E-state index is 15.2. The summed E-state index contributed by atoms with van der Waals surface area (Å²) in [4.78, 5) is 0. The molecule has 4 rings (SSSR count). The third-order valence-corrected chi connectivity index (χ3v) is 6.69. The number of benzene rings is 3. The topological polar surface area (TPSA) is 0 Å². The van der Waals surface area contributed by atoms with Crippen molar-refractivity contribution in [2.45, 2.75) is 51.4 Å². The molecule has 0 saturated heterocycles. The maximum Gasteiger partial charge on any atom is 0.146 e. The molecule has 3 aromatic carbocycles. The van der Waals surface area contributed by atoms with E-state index in [-0.39, 0.29) is 5.82 Å². The van der Waals surface area contributed by atoms with Crippen molar-refractivity contribution in [2.75, 3.05) is 0 Å². The molecule has 32 heavy (non-hydrogen) atoms. The summed E-state index contributed by atoms with van der Waals surface area (Å²) in [6, 6.07) is 18.3. The SMILES string of the molecule is C=CC1CCC(c2ccc3c(F)c(C#Cc4ccc(CC/C=C/C)cc4)ccc3c2)CC1. The average Bonchev–Trinajstić information content (AvgIpc) is 2.84. The van der Waals surface area contributed by atoms with Crippen LogP contribution in [0.2, 0.25) is 0 Å². The zero-order valence-electron chi connectivity index (χ0n) is 18.9. The van der Waals surface area contributed by atoms with Crippen molar-refractivity contribution in [2.24, 2.45) is 5.92 Å². The normalized spacial score (nSPS) is 18.4. The predicted molar refractivity (Wildman–Crippen MR) is 134 cm³/mol. The fourth-order valence-electron chi connectivity index (χ4n) is 4.66. The predicted octanol–water partition coefficient (Wildman–Crippen LogP) is 8.35. The van der Waals surface area contributed by atoms with Crippen LogP contribution in [0.15, 0.2) is 79.4 Å². The standard InChI is InChI=1S/C31H31F/c1-3-5-6-7-24-8-10-25(11-9-24)14-17-27-18-19-29-22-28(20-21-30(29)31(27)32)26-15-12-23(4-2)13-16-26/h3-5,8-11,18-23,26H,2,6-7,12-13,15-16H2,1H3/b5-3+. The molecule has 162 valence electrons. The molecule has 0 unspecified atom stereocenters. The Labute approximate surface area is 191 Å². The number of aryl methyl sites for hydroxylation is 1. The van der Waals surface area contributed by atoms with E-state index in [0.717, 1.165) is 23.8 Å². The first-order valence-electron chi connectivity index (χ1n) is 11.7. The highest BCUT2D eigenvalue weighted by molar-refractivity contribution is 5.85. The molecule has 1 aliphatic rings. The monoisotopic (exact) mass is 422 g/mol. The summed E-state index contributed by atoms with van der Waals surface area (Å²) in [7, 11) is 0. The van der Waals surface area contributed by atoms with Gasteiger partial charge in [-0.15, -0.1) is 6.58 Å². The van der Waals surface area contributed by atoms with Crippen LogP contribution in [0.25, 0.3) is 10.8 Å². The Morgan fingerprint density at radius 3 is 2.47 bits per heavy atom. The van der Waals surface area contributed by atoms with Gasteiger partial charge in [-0.3, -0.25) is 0 Å². The van der Waals surface area contributed by atoms with Gasteiger partial charge >= 0.3 is 0 Å². The van der Waals surface area contributed by atoms with Crippen LogP contribution >= 0.6 is 0 Å². The van der Waals surface area contributed by atoms with E-state index < -0.39 is 0 Å². The van der Waals surface area contributed by atoms with Crippen LogP contribution in [0.3, 0.4) is 0 Å². The molecule has 0 bridgehead atoms. The Bertz CT molecular complexity index is 1160. The molecule has 0 amide bonds. The molecular weight excluding hydrogens is 391 g/mol. The van der Waals surface area contributed by atoms with Crippen molar-refractivity contribution >= 4 is 10.8 Å². The molecule has 0 N–H and O–H groups in total. The number of hydrogen-bond donors (Lipinski definition) is 0. The number of halogens is 1. The zero-order chi connectivity index (χ0) is 22.3. The molecule has 0 atom stereocenters.